The first-order valence-electron chi connectivity index (χ1n) is 15.8. The Bertz CT molecular complexity index is 1580. The lowest BCUT2D eigenvalue weighted by Gasteiger charge is -2.43. The molecule has 2 heterocycles. The molecule has 0 unspecified atom stereocenters. The maximum atomic E-state index is 13.5. The van der Waals surface area contributed by atoms with Crippen LogP contribution in [-0.2, 0) is 23.1 Å². The van der Waals surface area contributed by atoms with Gasteiger partial charge in [-0.25, -0.2) is 13.1 Å². The van der Waals surface area contributed by atoms with Gasteiger partial charge >= 0.3 is 0 Å². The van der Waals surface area contributed by atoms with E-state index in [9.17, 15) is 18.3 Å². The molecule has 1 amide bonds. The van der Waals surface area contributed by atoms with Gasteiger partial charge in [0, 0.05) is 23.7 Å². The van der Waals surface area contributed by atoms with Crippen molar-refractivity contribution in [2.45, 2.75) is 70.0 Å². The van der Waals surface area contributed by atoms with Gasteiger partial charge in [0.1, 0.15) is 12.4 Å². The van der Waals surface area contributed by atoms with E-state index in [4.69, 9.17) is 16.3 Å². The number of benzene rings is 3. The number of fused-ring (bicyclic) bond motifs is 3. The van der Waals surface area contributed by atoms with Crippen LogP contribution in [0, 0.1) is 11.8 Å². The first-order valence-corrected chi connectivity index (χ1v) is 17.9. The molecule has 0 spiro atoms. The minimum Gasteiger partial charge on any atom is -0.487 e. The van der Waals surface area contributed by atoms with Gasteiger partial charge in [-0.05, 0) is 110 Å². The number of aliphatic hydroxyl groups excluding tert-OH is 1. The van der Waals surface area contributed by atoms with Gasteiger partial charge in [-0.1, -0.05) is 54.4 Å². The highest BCUT2D eigenvalue weighted by molar-refractivity contribution is 7.90. The number of hydrogen-bond donors (Lipinski definition) is 2. The number of anilines is 1. The van der Waals surface area contributed by atoms with Gasteiger partial charge < -0.3 is 14.7 Å². The molecule has 0 aromatic heterocycles. The highest BCUT2D eigenvalue weighted by Crippen LogP contribution is 2.42. The zero-order chi connectivity index (χ0) is 30.7. The molecule has 4 atom stereocenters. The summed E-state index contributed by atoms with van der Waals surface area (Å²) < 4.78 is 35.5. The number of aryl methyl sites for hydroxylation is 1. The highest BCUT2D eigenvalue weighted by atomic mass is 35.5. The predicted molar refractivity (Wildman–Crippen MR) is 174 cm³/mol. The first-order chi connectivity index (χ1) is 21.3. The van der Waals surface area contributed by atoms with Crippen LogP contribution in [0.5, 0.6) is 5.75 Å². The van der Waals surface area contributed by atoms with Crippen molar-refractivity contribution < 1.29 is 23.1 Å². The summed E-state index contributed by atoms with van der Waals surface area (Å²) in [5.74, 6) is 0.0469. The van der Waals surface area contributed by atoms with Crippen molar-refractivity contribution in [2.24, 2.45) is 11.8 Å². The average molecular weight is 637 g/mol. The lowest BCUT2D eigenvalue weighted by atomic mass is 9.69. The van der Waals surface area contributed by atoms with Crippen molar-refractivity contribution in [3.63, 3.8) is 0 Å². The molecule has 3 aliphatic rings. The van der Waals surface area contributed by atoms with E-state index in [1.54, 1.807) is 18.2 Å². The van der Waals surface area contributed by atoms with E-state index in [0.717, 1.165) is 62.0 Å². The summed E-state index contributed by atoms with van der Waals surface area (Å²) in [4.78, 5) is 15.7. The monoisotopic (exact) mass is 636 g/mol. The number of carbonyl (C=O) groups excluding carboxylic acids is 1. The Hall–Kier alpha value is -3.07. The molecule has 2 bridgehead atoms. The molecule has 6 rings (SSSR count). The van der Waals surface area contributed by atoms with Crippen molar-refractivity contribution in [1.29, 1.82) is 0 Å². The second-order valence-electron chi connectivity index (χ2n) is 12.6. The van der Waals surface area contributed by atoms with Gasteiger partial charge in [0.05, 0.1) is 17.5 Å². The van der Waals surface area contributed by atoms with E-state index in [0.29, 0.717) is 42.6 Å². The Kier molecular flexibility index (Phi) is 9.50. The van der Waals surface area contributed by atoms with Crippen molar-refractivity contribution >= 4 is 33.2 Å². The lowest BCUT2D eigenvalue weighted by molar-refractivity contribution is 0.00922. The summed E-state index contributed by atoms with van der Waals surface area (Å²) >= 11 is 6.32. The van der Waals surface area contributed by atoms with E-state index >= 15 is 0 Å². The Balaban J connectivity index is 1.35. The standard InChI is InChI=1S/C35H41ClN2O5S/c36-30-15-12-28-22-43-34-17-14-26-20-32(34)38(18-5-4-9-25(28)19-30)21-27-13-16-31(27)33(39)11-6-10-29(24-7-2-1-3-8-24)23-44(41,42)37-35(26)40/h1-3,7-8,12,14-15,17,19-20,27,29,31,33,39H,4-6,9-11,13,16,18,21-23H2,(H,37,40)/t27-,29-,31+,33-/m0/s1. The fourth-order valence-electron chi connectivity index (χ4n) is 7.06. The van der Waals surface area contributed by atoms with Crippen LogP contribution in [0.1, 0.15) is 77.9 Å². The second-order valence-corrected chi connectivity index (χ2v) is 14.8. The van der Waals surface area contributed by atoms with Crippen LogP contribution < -0.4 is 14.4 Å². The van der Waals surface area contributed by atoms with E-state index in [-0.39, 0.29) is 23.2 Å². The second kappa shape index (κ2) is 13.5. The Morgan fingerprint density at radius 1 is 0.909 bits per heavy atom. The third-order valence-electron chi connectivity index (χ3n) is 9.66. The molecule has 2 aliphatic heterocycles. The van der Waals surface area contributed by atoms with E-state index in [2.05, 4.69) is 9.62 Å². The molecular formula is C35H41ClN2O5S. The molecule has 234 valence electrons. The molecule has 7 nitrogen and oxygen atoms in total. The number of nitrogens with zero attached hydrogens (tertiary/aromatic N) is 1. The highest BCUT2D eigenvalue weighted by Gasteiger charge is 2.38. The molecule has 2 N–H and O–H groups in total. The molecule has 1 saturated carbocycles. The van der Waals surface area contributed by atoms with Crippen LogP contribution in [0.4, 0.5) is 5.69 Å². The quantitative estimate of drug-likeness (QED) is 0.318. The summed E-state index contributed by atoms with van der Waals surface area (Å²) in [6.45, 7) is 1.86. The summed E-state index contributed by atoms with van der Waals surface area (Å²) in [7, 11) is -3.94. The number of carbonyl (C=O) groups is 1. The summed E-state index contributed by atoms with van der Waals surface area (Å²) in [5.41, 5.74) is 4.23. The Labute approximate surface area is 265 Å². The van der Waals surface area contributed by atoms with E-state index < -0.39 is 22.0 Å². The predicted octanol–water partition coefficient (Wildman–Crippen LogP) is 6.48. The van der Waals surface area contributed by atoms with E-state index in [1.165, 1.54) is 5.56 Å². The minimum atomic E-state index is -3.94. The normalized spacial score (nSPS) is 26.0. The van der Waals surface area contributed by atoms with Crippen LogP contribution >= 0.6 is 11.6 Å². The van der Waals surface area contributed by atoms with Gasteiger partial charge in [-0.15, -0.1) is 0 Å². The van der Waals surface area contributed by atoms with Crippen LogP contribution in [0.2, 0.25) is 5.02 Å². The zero-order valence-corrected chi connectivity index (χ0v) is 26.5. The van der Waals surface area contributed by atoms with Crippen LogP contribution in [-0.4, -0.2) is 44.4 Å². The molecule has 1 fully saturated rings. The topological polar surface area (TPSA) is 95.9 Å². The molecule has 3 aromatic rings. The smallest absolute Gasteiger partial charge is 0.264 e. The molecule has 44 heavy (non-hydrogen) atoms. The zero-order valence-electron chi connectivity index (χ0n) is 25.0. The van der Waals surface area contributed by atoms with Gasteiger partial charge in [-0.2, -0.15) is 0 Å². The summed E-state index contributed by atoms with van der Waals surface area (Å²) in [5, 5.41) is 12.0. The first kappa shape index (κ1) is 30.9. The van der Waals surface area contributed by atoms with Crippen molar-refractivity contribution in [1.82, 2.24) is 4.72 Å². The number of rotatable bonds is 1. The van der Waals surface area contributed by atoms with Gasteiger partial charge in [-0.3, -0.25) is 4.79 Å². The number of halogens is 1. The molecule has 1 aliphatic carbocycles. The van der Waals surface area contributed by atoms with Crippen molar-refractivity contribution in [3.8, 4) is 5.75 Å². The summed E-state index contributed by atoms with van der Waals surface area (Å²) in [6.07, 6.45) is 6.34. The fraction of sp³-hybridized carbons (Fsp3) is 0.457. The third kappa shape index (κ3) is 7.24. The molecule has 0 saturated heterocycles. The average Bonchev–Trinajstić information content (AvgIpc) is 3.01. The maximum absolute atomic E-state index is 13.5. The molecular weight excluding hydrogens is 596 g/mol. The van der Waals surface area contributed by atoms with Crippen LogP contribution in [0.3, 0.4) is 0 Å². The number of hydrogen-bond acceptors (Lipinski definition) is 6. The van der Waals surface area contributed by atoms with Crippen molar-refractivity contribution in [2.75, 3.05) is 23.7 Å². The number of amides is 1. The fourth-order valence-corrected chi connectivity index (χ4v) is 8.62. The number of nitrogens with one attached hydrogen (secondary N) is 1. The summed E-state index contributed by atoms with van der Waals surface area (Å²) in [6, 6.07) is 20.7. The largest absolute Gasteiger partial charge is 0.487 e. The SMILES string of the molecule is O=C1NS(=O)(=O)C[C@@H](c2ccccc2)CCC[C@H](O)[C@@H]2CC[C@H]2CN2CCCCc3cc(Cl)ccc3COc3ccc1cc32. The molecule has 3 aromatic carbocycles. The van der Waals surface area contributed by atoms with Gasteiger partial charge in [0.2, 0.25) is 10.0 Å². The van der Waals surface area contributed by atoms with Crippen LogP contribution in [0.25, 0.3) is 0 Å². The van der Waals surface area contributed by atoms with Gasteiger partial charge in [0.25, 0.3) is 5.91 Å². The van der Waals surface area contributed by atoms with Crippen molar-refractivity contribution in [3.05, 3.63) is 94.0 Å². The van der Waals surface area contributed by atoms with Crippen LogP contribution in [0.15, 0.2) is 66.7 Å². The third-order valence-corrected chi connectivity index (χ3v) is 11.2. The Morgan fingerprint density at radius 2 is 1.75 bits per heavy atom. The Morgan fingerprint density at radius 3 is 2.55 bits per heavy atom. The lowest BCUT2D eigenvalue weighted by Crippen LogP contribution is -2.44. The molecule has 9 heteroatoms. The van der Waals surface area contributed by atoms with Gasteiger partial charge in [0.15, 0.2) is 0 Å². The number of aliphatic hydroxyl groups is 1. The number of sulfonamides is 1. The molecule has 0 radical (unpaired) electrons. The maximum Gasteiger partial charge on any atom is 0.264 e. The van der Waals surface area contributed by atoms with E-state index in [1.807, 2.05) is 48.5 Å². The minimum absolute atomic E-state index is 0.197. The number of ether oxygens (including phenoxy) is 1.